The molecule has 0 atom stereocenters. The third kappa shape index (κ3) is 3.50. The number of thiophene rings is 1. The number of fused-ring (bicyclic) bond motifs is 2. The predicted octanol–water partition coefficient (Wildman–Crippen LogP) is 4.81. The molecular weight excluding hydrogens is 380 g/mol. The zero-order valence-corrected chi connectivity index (χ0v) is 16.4. The number of hydrogen-bond acceptors (Lipinski definition) is 4. The van der Waals surface area contributed by atoms with E-state index in [4.69, 9.17) is 4.98 Å². The number of benzene rings is 2. The van der Waals surface area contributed by atoms with Gasteiger partial charge in [0.1, 0.15) is 5.82 Å². The van der Waals surface area contributed by atoms with Crippen molar-refractivity contribution in [2.75, 3.05) is 6.54 Å². The lowest BCUT2D eigenvalue weighted by molar-refractivity contribution is 0.0955. The Labute approximate surface area is 171 Å². The molecule has 29 heavy (non-hydrogen) atoms. The third-order valence-corrected chi connectivity index (χ3v) is 5.71. The molecule has 0 bridgehead atoms. The topological polar surface area (TPSA) is 70.7 Å². The lowest BCUT2D eigenvalue weighted by Gasteiger charge is -2.09. The van der Waals surface area contributed by atoms with Gasteiger partial charge in [0.2, 0.25) is 0 Å². The highest BCUT2D eigenvalue weighted by Crippen LogP contribution is 2.27. The molecule has 0 aliphatic rings. The van der Waals surface area contributed by atoms with E-state index in [0.29, 0.717) is 18.5 Å². The van der Waals surface area contributed by atoms with Gasteiger partial charge in [0.25, 0.3) is 5.91 Å². The summed E-state index contributed by atoms with van der Waals surface area (Å²) in [4.78, 5) is 26.6. The average Bonchev–Trinajstić information content (AvgIpc) is 3.42. The van der Waals surface area contributed by atoms with Crippen molar-refractivity contribution in [3.05, 3.63) is 83.5 Å². The fraction of sp³-hybridized carbons (Fsp3) is 0.0870. The minimum atomic E-state index is -0.0995. The van der Waals surface area contributed by atoms with E-state index in [1.807, 2.05) is 72.1 Å². The SMILES string of the molecule is O=C(NCCc1nc2ccccc2[nH]1)c1cc(-c2cccs2)nc2ccccc12. The van der Waals surface area contributed by atoms with E-state index >= 15 is 0 Å². The molecule has 0 unspecified atom stereocenters. The molecule has 0 aliphatic carbocycles. The van der Waals surface area contributed by atoms with Gasteiger partial charge in [0, 0.05) is 18.4 Å². The largest absolute Gasteiger partial charge is 0.352 e. The molecule has 2 aromatic carbocycles. The van der Waals surface area contributed by atoms with Gasteiger partial charge in [-0.15, -0.1) is 11.3 Å². The first-order valence-corrected chi connectivity index (χ1v) is 10.3. The Morgan fingerprint density at radius 3 is 2.62 bits per heavy atom. The number of pyridine rings is 1. The fourth-order valence-electron chi connectivity index (χ4n) is 3.43. The van der Waals surface area contributed by atoms with Crippen molar-refractivity contribution >= 4 is 39.2 Å². The number of amides is 1. The van der Waals surface area contributed by atoms with E-state index in [1.54, 1.807) is 11.3 Å². The van der Waals surface area contributed by atoms with E-state index < -0.39 is 0 Å². The molecule has 5 nitrogen and oxygen atoms in total. The summed E-state index contributed by atoms with van der Waals surface area (Å²) in [6, 6.07) is 21.6. The number of hydrogen-bond donors (Lipinski definition) is 2. The van der Waals surface area contributed by atoms with E-state index in [1.165, 1.54) is 0 Å². The van der Waals surface area contributed by atoms with Gasteiger partial charge < -0.3 is 10.3 Å². The Kier molecular flexibility index (Phi) is 4.54. The summed E-state index contributed by atoms with van der Waals surface area (Å²) in [5.74, 6) is 0.767. The smallest absolute Gasteiger partial charge is 0.252 e. The first-order valence-electron chi connectivity index (χ1n) is 9.43. The van der Waals surface area contributed by atoms with Crippen LogP contribution in [-0.2, 0) is 6.42 Å². The van der Waals surface area contributed by atoms with Crippen molar-refractivity contribution in [3.8, 4) is 10.6 Å². The maximum absolute atomic E-state index is 13.0. The Hall–Kier alpha value is -3.51. The van der Waals surface area contributed by atoms with Gasteiger partial charge in [0.15, 0.2) is 0 Å². The van der Waals surface area contributed by atoms with Crippen molar-refractivity contribution in [3.63, 3.8) is 0 Å². The summed E-state index contributed by atoms with van der Waals surface area (Å²) < 4.78 is 0. The predicted molar refractivity (Wildman–Crippen MR) is 117 cm³/mol. The lowest BCUT2D eigenvalue weighted by Crippen LogP contribution is -2.26. The van der Waals surface area contributed by atoms with Gasteiger partial charge in [-0.2, -0.15) is 0 Å². The maximum atomic E-state index is 13.0. The van der Waals surface area contributed by atoms with Crippen LogP contribution in [0, 0.1) is 0 Å². The van der Waals surface area contributed by atoms with E-state index in [0.717, 1.165) is 38.3 Å². The first kappa shape index (κ1) is 17.6. The number of aromatic nitrogens is 3. The van der Waals surface area contributed by atoms with Gasteiger partial charge >= 0.3 is 0 Å². The first-order chi connectivity index (χ1) is 14.3. The normalized spacial score (nSPS) is 11.2. The molecule has 2 N–H and O–H groups in total. The number of nitrogens with zero attached hydrogens (tertiary/aromatic N) is 2. The quantitative estimate of drug-likeness (QED) is 0.446. The lowest BCUT2D eigenvalue weighted by atomic mass is 10.1. The number of carbonyl (C=O) groups excluding carboxylic acids is 1. The fourth-order valence-corrected chi connectivity index (χ4v) is 4.11. The standard InChI is InChI=1S/C23H18N4OS/c28-23(24-12-11-22-26-18-8-3-4-9-19(18)27-22)16-14-20(21-10-5-13-29-21)25-17-7-2-1-6-15(16)17/h1-10,13-14H,11-12H2,(H,24,28)(H,26,27). The van der Waals surface area contributed by atoms with Gasteiger partial charge in [-0.25, -0.2) is 9.97 Å². The Bertz CT molecular complexity index is 1270. The van der Waals surface area contributed by atoms with Gasteiger partial charge in [-0.3, -0.25) is 4.79 Å². The molecule has 142 valence electrons. The van der Waals surface area contributed by atoms with Gasteiger partial charge in [0.05, 0.1) is 32.7 Å². The number of H-pyrrole nitrogens is 1. The molecule has 1 amide bonds. The molecule has 6 heteroatoms. The molecule has 0 radical (unpaired) electrons. The summed E-state index contributed by atoms with van der Waals surface area (Å²) >= 11 is 1.62. The minimum absolute atomic E-state index is 0.0995. The zero-order chi connectivity index (χ0) is 19.6. The van der Waals surface area contributed by atoms with Crippen molar-refractivity contribution in [2.45, 2.75) is 6.42 Å². The van der Waals surface area contributed by atoms with Crippen LogP contribution >= 0.6 is 11.3 Å². The van der Waals surface area contributed by atoms with Crippen molar-refractivity contribution in [1.82, 2.24) is 20.3 Å². The van der Waals surface area contributed by atoms with Gasteiger partial charge in [-0.1, -0.05) is 36.4 Å². The van der Waals surface area contributed by atoms with Crippen LogP contribution in [0.15, 0.2) is 72.1 Å². The van der Waals surface area contributed by atoms with Crippen molar-refractivity contribution in [2.24, 2.45) is 0 Å². The highest BCUT2D eigenvalue weighted by Gasteiger charge is 2.14. The van der Waals surface area contributed by atoms with E-state index in [2.05, 4.69) is 15.3 Å². The maximum Gasteiger partial charge on any atom is 0.252 e. The van der Waals surface area contributed by atoms with Crippen LogP contribution in [0.4, 0.5) is 0 Å². The van der Waals surface area contributed by atoms with Crippen LogP contribution in [0.2, 0.25) is 0 Å². The minimum Gasteiger partial charge on any atom is -0.352 e. The van der Waals surface area contributed by atoms with Crippen molar-refractivity contribution < 1.29 is 4.79 Å². The van der Waals surface area contributed by atoms with E-state index in [-0.39, 0.29) is 5.91 Å². The summed E-state index contributed by atoms with van der Waals surface area (Å²) in [5, 5.41) is 5.90. The summed E-state index contributed by atoms with van der Waals surface area (Å²) in [7, 11) is 0. The molecule has 5 aromatic rings. The number of carbonyl (C=O) groups is 1. The van der Waals surface area contributed by atoms with Crippen LogP contribution < -0.4 is 5.32 Å². The van der Waals surface area contributed by atoms with Crippen LogP contribution in [0.3, 0.4) is 0 Å². The molecule has 0 saturated carbocycles. The number of nitrogens with one attached hydrogen (secondary N) is 2. The molecule has 0 spiro atoms. The Morgan fingerprint density at radius 1 is 0.966 bits per heavy atom. The summed E-state index contributed by atoms with van der Waals surface area (Å²) in [6.45, 7) is 0.504. The third-order valence-electron chi connectivity index (χ3n) is 4.82. The van der Waals surface area contributed by atoms with Crippen LogP contribution in [0.5, 0.6) is 0 Å². The number of imidazole rings is 1. The molecule has 3 aromatic heterocycles. The number of rotatable bonds is 5. The molecular formula is C23H18N4OS. The molecule has 0 saturated heterocycles. The van der Waals surface area contributed by atoms with Crippen LogP contribution in [0.1, 0.15) is 16.2 Å². The van der Waals surface area contributed by atoms with E-state index in [9.17, 15) is 4.79 Å². The summed E-state index contributed by atoms with van der Waals surface area (Å²) in [6.07, 6.45) is 0.640. The molecule has 3 heterocycles. The second-order valence-corrected chi connectivity index (χ2v) is 7.70. The number of aromatic amines is 1. The highest BCUT2D eigenvalue weighted by molar-refractivity contribution is 7.13. The Morgan fingerprint density at radius 2 is 1.79 bits per heavy atom. The summed E-state index contributed by atoms with van der Waals surface area (Å²) in [5.41, 5.74) is 4.23. The molecule has 0 aliphatic heterocycles. The zero-order valence-electron chi connectivity index (χ0n) is 15.6. The Balaban J connectivity index is 1.38. The average molecular weight is 398 g/mol. The van der Waals surface area contributed by atoms with Crippen LogP contribution in [-0.4, -0.2) is 27.4 Å². The molecule has 0 fully saturated rings. The molecule has 5 rings (SSSR count). The monoisotopic (exact) mass is 398 g/mol. The second kappa shape index (κ2) is 7.48. The van der Waals surface area contributed by atoms with Crippen molar-refractivity contribution in [1.29, 1.82) is 0 Å². The second-order valence-electron chi connectivity index (χ2n) is 6.76. The highest BCUT2D eigenvalue weighted by atomic mass is 32.1. The number of para-hydroxylation sites is 3. The van der Waals surface area contributed by atoms with Crippen LogP contribution in [0.25, 0.3) is 32.5 Å². The van der Waals surface area contributed by atoms with Gasteiger partial charge in [-0.05, 0) is 35.7 Å².